The number of aliphatic hydroxyl groups excluding tert-OH is 1. The van der Waals surface area contributed by atoms with Crippen molar-refractivity contribution in [2.24, 2.45) is 17.3 Å². The van der Waals surface area contributed by atoms with Crippen LogP contribution in [0.15, 0.2) is 11.8 Å². The highest BCUT2D eigenvalue weighted by Crippen LogP contribution is 2.60. The predicted molar refractivity (Wildman–Crippen MR) is 45.3 cm³/mol. The Morgan fingerprint density at radius 2 is 2.27 bits per heavy atom. The largest absolute Gasteiger partial charge is 0.516 e. The lowest BCUT2D eigenvalue weighted by Gasteiger charge is -2.57. The number of fused-ring (bicyclic) bond motifs is 2. The topological polar surface area (TPSA) is 20.2 Å². The van der Waals surface area contributed by atoms with Gasteiger partial charge in [-0.05, 0) is 42.1 Å². The number of hydrogen-bond donors (Lipinski definition) is 1. The van der Waals surface area contributed by atoms with Crippen molar-refractivity contribution >= 4 is 0 Å². The van der Waals surface area contributed by atoms with Crippen LogP contribution in [0.3, 0.4) is 0 Å². The lowest BCUT2D eigenvalue weighted by atomic mass is 9.47. The molecule has 0 saturated heterocycles. The van der Waals surface area contributed by atoms with Crippen molar-refractivity contribution in [2.75, 3.05) is 0 Å². The molecule has 3 rings (SSSR count). The van der Waals surface area contributed by atoms with Gasteiger partial charge in [-0.25, -0.2) is 0 Å². The molecule has 11 heavy (non-hydrogen) atoms. The van der Waals surface area contributed by atoms with Crippen LogP contribution in [-0.4, -0.2) is 5.11 Å². The molecule has 0 aromatic heterocycles. The van der Waals surface area contributed by atoms with Crippen molar-refractivity contribution < 1.29 is 5.11 Å². The highest BCUT2D eigenvalue weighted by molar-refractivity contribution is 5.19. The molecule has 3 fully saturated rings. The van der Waals surface area contributed by atoms with Gasteiger partial charge in [0, 0.05) is 0 Å². The Morgan fingerprint density at radius 3 is 2.64 bits per heavy atom. The monoisotopic (exact) mass is 152 g/mol. The van der Waals surface area contributed by atoms with Gasteiger partial charge in [-0.1, -0.05) is 13.8 Å². The lowest BCUT2D eigenvalue weighted by molar-refractivity contribution is -0.0294. The smallest absolute Gasteiger partial charge is 0.0786 e. The van der Waals surface area contributed by atoms with Gasteiger partial charge in [-0.15, -0.1) is 0 Å². The van der Waals surface area contributed by atoms with E-state index in [4.69, 9.17) is 5.11 Å². The zero-order valence-electron chi connectivity index (χ0n) is 7.30. The standard InChI is InChI=1S/C10H16O/c1-10(2)8-4-3-7(6-11)9(10)5-8/h6,8-9,11H,3-5H2,1-2H3. The molecule has 2 bridgehead atoms. The van der Waals surface area contributed by atoms with Crippen molar-refractivity contribution in [3.63, 3.8) is 0 Å². The van der Waals surface area contributed by atoms with E-state index in [0.717, 1.165) is 12.3 Å². The molecule has 3 aliphatic carbocycles. The van der Waals surface area contributed by atoms with E-state index in [-0.39, 0.29) is 0 Å². The summed E-state index contributed by atoms with van der Waals surface area (Å²) in [6, 6.07) is 0. The van der Waals surface area contributed by atoms with Gasteiger partial charge in [0.05, 0.1) is 6.26 Å². The fourth-order valence-electron chi connectivity index (χ4n) is 2.80. The van der Waals surface area contributed by atoms with E-state index >= 15 is 0 Å². The molecule has 0 aliphatic heterocycles. The molecular formula is C10H16O. The molecule has 2 unspecified atom stereocenters. The van der Waals surface area contributed by atoms with Gasteiger partial charge in [-0.3, -0.25) is 0 Å². The van der Waals surface area contributed by atoms with Crippen LogP contribution >= 0.6 is 0 Å². The highest BCUT2D eigenvalue weighted by Gasteiger charge is 2.52. The molecule has 0 radical (unpaired) electrons. The van der Waals surface area contributed by atoms with Gasteiger partial charge in [0.25, 0.3) is 0 Å². The summed E-state index contributed by atoms with van der Waals surface area (Å²) in [5, 5.41) is 8.96. The molecule has 0 spiro atoms. The van der Waals surface area contributed by atoms with Gasteiger partial charge in [-0.2, -0.15) is 0 Å². The Morgan fingerprint density at radius 1 is 1.55 bits per heavy atom. The molecule has 0 aromatic rings. The van der Waals surface area contributed by atoms with Crippen LogP contribution in [0.25, 0.3) is 0 Å². The summed E-state index contributed by atoms with van der Waals surface area (Å²) in [7, 11) is 0. The third kappa shape index (κ3) is 0.770. The van der Waals surface area contributed by atoms with Crippen LogP contribution in [0, 0.1) is 17.3 Å². The predicted octanol–water partition coefficient (Wildman–Crippen LogP) is 2.88. The summed E-state index contributed by atoms with van der Waals surface area (Å²) < 4.78 is 0. The van der Waals surface area contributed by atoms with E-state index in [2.05, 4.69) is 13.8 Å². The highest BCUT2D eigenvalue weighted by atomic mass is 16.2. The maximum absolute atomic E-state index is 8.96. The van der Waals surface area contributed by atoms with Crippen LogP contribution in [0.4, 0.5) is 0 Å². The van der Waals surface area contributed by atoms with Crippen molar-refractivity contribution in [1.29, 1.82) is 0 Å². The Hall–Kier alpha value is -0.460. The second-order valence-electron chi connectivity index (χ2n) is 4.55. The molecule has 62 valence electrons. The van der Waals surface area contributed by atoms with Gasteiger partial charge in [0.1, 0.15) is 0 Å². The average molecular weight is 152 g/mol. The van der Waals surface area contributed by atoms with E-state index in [9.17, 15) is 0 Å². The second-order valence-corrected chi connectivity index (χ2v) is 4.55. The first-order chi connectivity index (χ1) is 5.16. The molecule has 1 heteroatoms. The fraction of sp³-hybridized carbons (Fsp3) is 0.800. The van der Waals surface area contributed by atoms with Gasteiger partial charge in [0.15, 0.2) is 0 Å². The van der Waals surface area contributed by atoms with E-state index < -0.39 is 0 Å². The quantitative estimate of drug-likeness (QED) is 0.529. The molecule has 0 heterocycles. The van der Waals surface area contributed by atoms with Crippen LogP contribution < -0.4 is 0 Å². The van der Waals surface area contributed by atoms with Crippen LogP contribution in [0.1, 0.15) is 33.1 Å². The van der Waals surface area contributed by atoms with Gasteiger partial charge < -0.3 is 5.11 Å². The Bertz CT molecular complexity index is 201. The molecule has 3 aliphatic rings. The van der Waals surface area contributed by atoms with Crippen molar-refractivity contribution in [3.05, 3.63) is 11.8 Å². The fourth-order valence-corrected chi connectivity index (χ4v) is 2.80. The SMILES string of the molecule is CC1(C)C2CCC(=CO)C1C2. The molecule has 2 atom stereocenters. The maximum atomic E-state index is 8.96. The minimum atomic E-state index is 0.479. The number of hydrogen-bond acceptors (Lipinski definition) is 1. The van der Waals surface area contributed by atoms with Crippen molar-refractivity contribution in [1.82, 2.24) is 0 Å². The number of aliphatic hydroxyl groups is 1. The second kappa shape index (κ2) is 2.02. The van der Waals surface area contributed by atoms with E-state index in [1.54, 1.807) is 0 Å². The Balaban J connectivity index is 2.23. The maximum Gasteiger partial charge on any atom is 0.0786 e. The molecule has 0 aromatic carbocycles. The van der Waals surface area contributed by atoms with E-state index in [1.165, 1.54) is 24.7 Å². The minimum absolute atomic E-state index is 0.479. The Labute approximate surface area is 68.1 Å². The third-order valence-electron chi connectivity index (χ3n) is 3.87. The van der Waals surface area contributed by atoms with E-state index in [0.29, 0.717) is 11.3 Å². The molecular weight excluding hydrogens is 136 g/mol. The van der Waals surface area contributed by atoms with E-state index in [1.807, 2.05) is 0 Å². The summed E-state index contributed by atoms with van der Waals surface area (Å²) in [4.78, 5) is 0. The third-order valence-corrected chi connectivity index (χ3v) is 3.87. The zero-order chi connectivity index (χ0) is 8.06. The molecule has 1 N–H and O–H groups in total. The Kier molecular flexibility index (Phi) is 1.33. The molecule has 3 saturated carbocycles. The zero-order valence-corrected chi connectivity index (χ0v) is 7.30. The first-order valence-electron chi connectivity index (χ1n) is 4.49. The first-order valence-corrected chi connectivity index (χ1v) is 4.49. The summed E-state index contributed by atoms with van der Waals surface area (Å²) in [6.07, 6.45) is 5.09. The van der Waals surface area contributed by atoms with Crippen LogP contribution in [0.2, 0.25) is 0 Å². The summed E-state index contributed by atoms with van der Waals surface area (Å²) >= 11 is 0. The summed E-state index contributed by atoms with van der Waals surface area (Å²) in [5.41, 5.74) is 1.77. The van der Waals surface area contributed by atoms with Crippen molar-refractivity contribution in [2.45, 2.75) is 33.1 Å². The first kappa shape index (κ1) is 7.20. The van der Waals surface area contributed by atoms with Crippen molar-refractivity contribution in [3.8, 4) is 0 Å². The lowest BCUT2D eigenvalue weighted by Crippen LogP contribution is -2.49. The normalized spacial score (nSPS) is 43.6. The molecule has 0 amide bonds. The van der Waals surface area contributed by atoms with Crippen LogP contribution in [0.5, 0.6) is 0 Å². The van der Waals surface area contributed by atoms with Gasteiger partial charge in [0.2, 0.25) is 0 Å². The van der Waals surface area contributed by atoms with Crippen LogP contribution in [-0.2, 0) is 0 Å². The molecule has 1 nitrogen and oxygen atoms in total. The number of allylic oxidation sites excluding steroid dienone is 1. The minimum Gasteiger partial charge on any atom is -0.516 e. The van der Waals surface area contributed by atoms with Gasteiger partial charge >= 0.3 is 0 Å². The number of rotatable bonds is 0. The average Bonchev–Trinajstić information content (AvgIpc) is 2.04. The summed E-state index contributed by atoms with van der Waals surface area (Å²) in [6.45, 7) is 4.66. The summed E-state index contributed by atoms with van der Waals surface area (Å²) in [5.74, 6) is 1.61.